The van der Waals surface area contributed by atoms with Crippen molar-refractivity contribution in [2.75, 3.05) is 0 Å². The molecule has 0 saturated carbocycles. The molecule has 4 rings (SSSR count). The monoisotopic (exact) mass is 402 g/mol. The molecule has 0 saturated heterocycles. The minimum atomic E-state index is -2.11. The second-order valence-corrected chi connectivity index (χ2v) is 10.0. The molecule has 0 aromatic heterocycles. The van der Waals surface area contributed by atoms with Gasteiger partial charge in [-0.05, 0) is 40.2 Å². The lowest BCUT2D eigenvalue weighted by molar-refractivity contribution is 0.585. The summed E-state index contributed by atoms with van der Waals surface area (Å²) in [5.74, 6) is 2.81. The Balaban J connectivity index is 1.98. The Morgan fingerprint density at radius 3 is 1.32 bits per heavy atom. The van der Waals surface area contributed by atoms with E-state index < -0.39 is 6.89 Å². The van der Waals surface area contributed by atoms with E-state index in [1.54, 1.807) is 0 Å². The van der Waals surface area contributed by atoms with Gasteiger partial charge in [0.1, 0.15) is 5.75 Å². The average molecular weight is 403 g/mol. The normalized spacial score (nSPS) is 11.0. The van der Waals surface area contributed by atoms with E-state index >= 15 is 0 Å². The molecule has 0 amide bonds. The molecule has 0 fully saturated rings. The van der Waals surface area contributed by atoms with Crippen LogP contribution in [0.25, 0.3) is 0 Å². The van der Waals surface area contributed by atoms with Gasteiger partial charge in [0, 0.05) is 11.9 Å². The second kappa shape index (κ2) is 8.52. The Morgan fingerprint density at radius 2 is 0.929 bits per heavy atom. The van der Waals surface area contributed by atoms with Gasteiger partial charge >= 0.3 is 0 Å². The van der Waals surface area contributed by atoms with Crippen molar-refractivity contribution >= 4 is 40.4 Å². The first-order valence-corrected chi connectivity index (χ1v) is 11.3. The molecular formula is C25H20ClOP. The molecule has 4 aromatic rings. The Kier molecular flexibility index (Phi) is 5.67. The Morgan fingerprint density at radius 1 is 0.536 bits per heavy atom. The highest BCUT2D eigenvalue weighted by Gasteiger charge is 2.25. The van der Waals surface area contributed by atoms with Gasteiger partial charge in [0.25, 0.3) is 0 Å². The van der Waals surface area contributed by atoms with E-state index in [2.05, 4.69) is 72.8 Å². The molecule has 0 aliphatic carbocycles. The standard InChI is InChI=1S/C25H20ClOP/c26-21-16-18-22(19-17-21)27-20-28(23-10-4-1-5-11-23,24-12-6-2-7-13-24)25-14-8-3-9-15-25/h1-20H. The average Bonchev–Trinajstić information content (AvgIpc) is 2.78. The lowest BCUT2D eigenvalue weighted by Crippen LogP contribution is -2.28. The molecule has 138 valence electrons. The summed E-state index contributed by atoms with van der Waals surface area (Å²) in [5.41, 5.74) is 0. The summed E-state index contributed by atoms with van der Waals surface area (Å²) in [6, 6.07) is 39.3. The zero-order valence-corrected chi connectivity index (χ0v) is 16.9. The number of hydrogen-bond donors (Lipinski definition) is 0. The largest absolute Gasteiger partial charge is 0.464 e. The molecule has 4 aromatic carbocycles. The van der Waals surface area contributed by atoms with Crippen LogP contribution in [0.4, 0.5) is 0 Å². The van der Waals surface area contributed by atoms with Crippen molar-refractivity contribution in [1.82, 2.24) is 0 Å². The highest BCUT2D eigenvalue weighted by molar-refractivity contribution is 7.94. The van der Waals surface area contributed by atoms with E-state index in [0.717, 1.165) is 5.75 Å². The van der Waals surface area contributed by atoms with Gasteiger partial charge in [0.15, 0.2) is 0 Å². The maximum absolute atomic E-state index is 6.26. The van der Waals surface area contributed by atoms with Crippen LogP contribution in [-0.4, -0.2) is 5.98 Å². The second-order valence-electron chi connectivity index (χ2n) is 6.41. The third kappa shape index (κ3) is 3.78. The van der Waals surface area contributed by atoms with E-state index in [1.807, 2.05) is 48.4 Å². The first kappa shape index (κ1) is 18.6. The summed E-state index contributed by atoms with van der Waals surface area (Å²) < 4.78 is 6.26. The van der Waals surface area contributed by atoms with Crippen molar-refractivity contribution in [1.29, 1.82) is 0 Å². The molecule has 0 atom stereocenters. The fourth-order valence-electron chi connectivity index (χ4n) is 3.27. The Bertz CT molecular complexity index is 972. The third-order valence-corrected chi connectivity index (χ3v) is 8.66. The molecule has 0 bridgehead atoms. The van der Waals surface area contributed by atoms with Crippen LogP contribution in [0, 0.1) is 0 Å². The predicted molar refractivity (Wildman–Crippen MR) is 123 cm³/mol. The first-order valence-electron chi connectivity index (χ1n) is 9.11. The van der Waals surface area contributed by atoms with Crippen LogP contribution in [0.15, 0.2) is 115 Å². The molecule has 0 unspecified atom stereocenters. The smallest absolute Gasteiger partial charge is 0.126 e. The molecule has 0 radical (unpaired) electrons. The SMILES string of the molecule is Clc1ccc(OC=P(c2ccccc2)(c2ccccc2)c2ccccc2)cc1. The zero-order chi connectivity index (χ0) is 19.2. The Hall–Kier alpha value is -2.73. The van der Waals surface area contributed by atoms with Crippen molar-refractivity contribution in [2.24, 2.45) is 0 Å². The molecule has 28 heavy (non-hydrogen) atoms. The van der Waals surface area contributed by atoms with E-state index in [9.17, 15) is 0 Å². The lowest BCUT2D eigenvalue weighted by Gasteiger charge is -2.27. The number of rotatable bonds is 5. The van der Waals surface area contributed by atoms with Crippen LogP contribution in [0.1, 0.15) is 0 Å². The molecule has 3 heteroatoms. The van der Waals surface area contributed by atoms with Gasteiger partial charge in [-0.15, -0.1) is 0 Å². The molecule has 0 aliphatic rings. The van der Waals surface area contributed by atoms with Crippen LogP contribution in [0.2, 0.25) is 5.02 Å². The topological polar surface area (TPSA) is 9.23 Å². The number of benzene rings is 4. The van der Waals surface area contributed by atoms with Crippen LogP contribution in [0.5, 0.6) is 5.75 Å². The molecular weight excluding hydrogens is 383 g/mol. The summed E-state index contributed by atoms with van der Waals surface area (Å²) in [7, 11) is 0. The van der Waals surface area contributed by atoms with Gasteiger partial charge in [-0.1, -0.05) is 103 Å². The molecule has 0 spiro atoms. The third-order valence-electron chi connectivity index (χ3n) is 4.65. The first-order chi connectivity index (χ1) is 13.8. The number of halogens is 1. The molecule has 0 aliphatic heterocycles. The summed E-state index contributed by atoms with van der Waals surface area (Å²) in [6.45, 7) is -2.11. The highest BCUT2D eigenvalue weighted by atomic mass is 35.5. The molecule has 0 N–H and O–H groups in total. The maximum atomic E-state index is 6.26. The van der Waals surface area contributed by atoms with Crippen LogP contribution in [-0.2, 0) is 0 Å². The minimum Gasteiger partial charge on any atom is -0.464 e. The van der Waals surface area contributed by atoms with Gasteiger partial charge in [-0.25, -0.2) is 0 Å². The minimum absolute atomic E-state index is 0.697. The van der Waals surface area contributed by atoms with E-state index in [4.69, 9.17) is 16.3 Å². The van der Waals surface area contributed by atoms with Crippen molar-refractivity contribution in [3.05, 3.63) is 120 Å². The van der Waals surface area contributed by atoms with E-state index in [-0.39, 0.29) is 0 Å². The van der Waals surface area contributed by atoms with Gasteiger partial charge in [0.05, 0.1) is 5.98 Å². The van der Waals surface area contributed by atoms with Crippen molar-refractivity contribution in [3.8, 4) is 5.75 Å². The quantitative estimate of drug-likeness (QED) is 0.402. The van der Waals surface area contributed by atoms with Gasteiger partial charge in [-0.2, -0.15) is 0 Å². The number of hydrogen-bond acceptors (Lipinski definition) is 1. The zero-order valence-electron chi connectivity index (χ0n) is 15.3. The maximum Gasteiger partial charge on any atom is 0.126 e. The van der Waals surface area contributed by atoms with Gasteiger partial charge < -0.3 is 4.74 Å². The van der Waals surface area contributed by atoms with Gasteiger partial charge in [0.2, 0.25) is 0 Å². The summed E-state index contributed by atoms with van der Waals surface area (Å²) in [4.78, 5) is 0. The summed E-state index contributed by atoms with van der Waals surface area (Å²) in [5, 5.41) is 4.45. The van der Waals surface area contributed by atoms with Crippen LogP contribution < -0.4 is 20.7 Å². The van der Waals surface area contributed by atoms with Crippen molar-refractivity contribution in [3.63, 3.8) is 0 Å². The molecule has 0 heterocycles. The molecule has 1 nitrogen and oxygen atoms in total. The summed E-state index contributed by atoms with van der Waals surface area (Å²) in [6.07, 6.45) is 0. The van der Waals surface area contributed by atoms with E-state index in [0.29, 0.717) is 5.02 Å². The predicted octanol–water partition coefficient (Wildman–Crippen LogP) is 5.47. The van der Waals surface area contributed by atoms with Crippen LogP contribution in [0.3, 0.4) is 0 Å². The van der Waals surface area contributed by atoms with Crippen molar-refractivity contribution < 1.29 is 4.74 Å². The van der Waals surface area contributed by atoms with E-state index in [1.165, 1.54) is 15.9 Å². The fourth-order valence-corrected chi connectivity index (χ4v) is 6.86. The highest BCUT2D eigenvalue weighted by Crippen LogP contribution is 2.43. The van der Waals surface area contributed by atoms with Gasteiger partial charge in [-0.3, -0.25) is 0 Å². The summed E-state index contributed by atoms with van der Waals surface area (Å²) >= 11 is 6.03. The van der Waals surface area contributed by atoms with Crippen LogP contribution >= 0.6 is 18.5 Å². The lowest BCUT2D eigenvalue weighted by atomic mass is 10.3. The number of ether oxygens (including phenoxy) is 1. The Labute approximate surface area is 171 Å². The fraction of sp³-hybridized carbons (Fsp3) is 0. The van der Waals surface area contributed by atoms with Crippen molar-refractivity contribution in [2.45, 2.75) is 0 Å².